The van der Waals surface area contributed by atoms with Gasteiger partial charge in [-0.3, -0.25) is 4.90 Å². The van der Waals surface area contributed by atoms with Gasteiger partial charge >= 0.3 is 0 Å². The van der Waals surface area contributed by atoms with Gasteiger partial charge in [-0.1, -0.05) is 23.7 Å². The predicted octanol–water partition coefficient (Wildman–Crippen LogP) is 3.56. The molecular weight excluding hydrogens is 276 g/mol. The third-order valence-corrected chi connectivity index (χ3v) is 5.11. The van der Waals surface area contributed by atoms with Gasteiger partial charge in [0, 0.05) is 40.7 Å². The Morgan fingerprint density at radius 2 is 1.95 bits per heavy atom. The zero-order valence-electron chi connectivity index (χ0n) is 11.9. The van der Waals surface area contributed by atoms with Crippen LogP contribution in [-0.2, 0) is 0 Å². The van der Waals surface area contributed by atoms with Gasteiger partial charge in [0.05, 0.1) is 0 Å². The molecule has 0 aliphatic carbocycles. The summed E-state index contributed by atoms with van der Waals surface area (Å²) in [5.74, 6) is 1.17. The first-order valence-electron chi connectivity index (χ1n) is 6.78. The summed E-state index contributed by atoms with van der Waals surface area (Å²) < 4.78 is 0.303. The molecule has 2 rings (SSSR count). The molecule has 0 amide bonds. The molecule has 19 heavy (non-hydrogen) atoms. The van der Waals surface area contributed by atoms with Crippen LogP contribution in [0.3, 0.4) is 0 Å². The van der Waals surface area contributed by atoms with Gasteiger partial charge in [-0.2, -0.15) is 11.8 Å². The Morgan fingerprint density at radius 1 is 1.32 bits per heavy atom. The molecule has 4 heteroatoms. The number of benzene rings is 1. The second kappa shape index (κ2) is 6.04. The average molecular weight is 299 g/mol. The van der Waals surface area contributed by atoms with Gasteiger partial charge in [0.2, 0.25) is 0 Å². The lowest BCUT2D eigenvalue weighted by Gasteiger charge is -2.43. The number of hydrogen-bond acceptors (Lipinski definition) is 3. The summed E-state index contributed by atoms with van der Waals surface area (Å²) in [6.07, 6.45) is 0. The number of thioether (sulfide) groups is 1. The second-order valence-electron chi connectivity index (χ2n) is 5.93. The summed E-state index contributed by atoms with van der Waals surface area (Å²) in [5.41, 5.74) is 7.51. The first-order chi connectivity index (χ1) is 8.89. The first-order valence-corrected chi connectivity index (χ1v) is 8.14. The zero-order valence-corrected chi connectivity index (χ0v) is 13.5. The van der Waals surface area contributed by atoms with Gasteiger partial charge in [-0.25, -0.2) is 0 Å². The maximum absolute atomic E-state index is 6.24. The minimum Gasteiger partial charge on any atom is -0.326 e. The highest BCUT2D eigenvalue weighted by Crippen LogP contribution is 2.35. The molecule has 1 aromatic carbocycles. The topological polar surface area (TPSA) is 29.3 Å². The minimum atomic E-state index is 0.111. The Bertz CT molecular complexity index is 417. The van der Waals surface area contributed by atoms with Crippen LogP contribution >= 0.6 is 23.4 Å². The molecule has 0 saturated carbocycles. The molecule has 1 aliphatic heterocycles. The van der Waals surface area contributed by atoms with Crippen LogP contribution in [0.4, 0.5) is 0 Å². The molecule has 2 nitrogen and oxygen atoms in total. The molecule has 2 unspecified atom stereocenters. The van der Waals surface area contributed by atoms with Crippen molar-refractivity contribution < 1.29 is 0 Å². The van der Waals surface area contributed by atoms with Crippen molar-refractivity contribution in [2.45, 2.75) is 37.6 Å². The van der Waals surface area contributed by atoms with E-state index in [1.54, 1.807) is 0 Å². The second-order valence-corrected chi connectivity index (χ2v) is 8.17. The van der Waals surface area contributed by atoms with Gasteiger partial charge in [-0.05, 0) is 38.5 Å². The highest BCUT2D eigenvalue weighted by molar-refractivity contribution is 8.00. The summed E-state index contributed by atoms with van der Waals surface area (Å²) in [6, 6.07) is 8.50. The largest absolute Gasteiger partial charge is 0.326 e. The maximum Gasteiger partial charge on any atom is 0.0497 e. The van der Waals surface area contributed by atoms with E-state index in [2.05, 4.69) is 37.8 Å². The maximum atomic E-state index is 6.24. The van der Waals surface area contributed by atoms with E-state index in [1.165, 1.54) is 11.3 Å². The van der Waals surface area contributed by atoms with E-state index in [4.69, 9.17) is 17.3 Å². The van der Waals surface area contributed by atoms with E-state index in [-0.39, 0.29) is 12.1 Å². The van der Waals surface area contributed by atoms with Gasteiger partial charge in [0.15, 0.2) is 0 Å². The van der Waals surface area contributed by atoms with Crippen molar-refractivity contribution in [1.82, 2.24) is 4.90 Å². The lowest BCUT2D eigenvalue weighted by Crippen LogP contribution is -2.49. The predicted molar refractivity (Wildman–Crippen MR) is 86.0 cm³/mol. The fraction of sp³-hybridized carbons (Fsp3) is 0.600. The average Bonchev–Trinajstić information content (AvgIpc) is 2.30. The molecule has 106 valence electrons. The van der Waals surface area contributed by atoms with Gasteiger partial charge < -0.3 is 5.73 Å². The van der Waals surface area contributed by atoms with Crippen LogP contribution in [0.2, 0.25) is 5.02 Å². The SMILES string of the molecule is CC(N)C(c1ccc(Cl)cc1)N1CCSC(C)(C)C1. The molecule has 0 radical (unpaired) electrons. The Hall–Kier alpha value is -0.220. The monoisotopic (exact) mass is 298 g/mol. The van der Waals surface area contributed by atoms with Crippen molar-refractivity contribution >= 4 is 23.4 Å². The number of hydrogen-bond donors (Lipinski definition) is 1. The van der Waals surface area contributed by atoms with Crippen molar-refractivity contribution in [3.8, 4) is 0 Å². The van der Waals surface area contributed by atoms with Gasteiger partial charge in [0.1, 0.15) is 0 Å². The summed E-state index contributed by atoms with van der Waals surface area (Å²) in [7, 11) is 0. The van der Waals surface area contributed by atoms with Crippen molar-refractivity contribution in [3.05, 3.63) is 34.9 Å². The summed E-state index contributed by atoms with van der Waals surface area (Å²) in [6.45, 7) is 8.89. The van der Waals surface area contributed by atoms with Crippen LogP contribution in [0, 0.1) is 0 Å². The molecule has 1 aromatic rings. The third-order valence-electron chi connectivity index (χ3n) is 3.56. The summed E-state index contributed by atoms with van der Waals surface area (Å²) >= 11 is 8.03. The van der Waals surface area contributed by atoms with E-state index in [0.29, 0.717) is 4.75 Å². The normalized spacial score (nSPS) is 23.0. The first kappa shape index (κ1) is 15.2. The smallest absolute Gasteiger partial charge is 0.0497 e. The number of nitrogens with two attached hydrogens (primary N) is 1. The lowest BCUT2D eigenvalue weighted by molar-refractivity contribution is 0.168. The van der Waals surface area contributed by atoms with E-state index >= 15 is 0 Å². The molecule has 1 fully saturated rings. The number of halogens is 1. The Balaban J connectivity index is 2.22. The Labute approximate surface area is 125 Å². The number of rotatable bonds is 3. The molecule has 0 aromatic heterocycles. The molecule has 1 saturated heterocycles. The summed E-state index contributed by atoms with van der Waals surface area (Å²) in [4.78, 5) is 2.52. The van der Waals surface area contributed by atoms with Crippen molar-refractivity contribution in [1.29, 1.82) is 0 Å². The Kier molecular flexibility index (Phi) is 4.83. The zero-order chi connectivity index (χ0) is 14.0. The standard InChI is InChI=1S/C15H23ClN2S/c1-11(17)14(12-4-6-13(16)7-5-12)18-8-9-19-15(2,3)10-18/h4-7,11,14H,8-10,17H2,1-3H3. The van der Waals surface area contributed by atoms with Crippen LogP contribution in [0.25, 0.3) is 0 Å². The van der Waals surface area contributed by atoms with E-state index in [0.717, 1.165) is 18.1 Å². The van der Waals surface area contributed by atoms with Crippen molar-refractivity contribution in [3.63, 3.8) is 0 Å². The van der Waals surface area contributed by atoms with Crippen molar-refractivity contribution in [2.24, 2.45) is 5.73 Å². The van der Waals surface area contributed by atoms with Crippen LogP contribution < -0.4 is 5.73 Å². The number of nitrogens with zero attached hydrogens (tertiary/aromatic N) is 1. The van der Waals surface area contributed by atoms with E-state index in [1.807, 2.05) is 23.9 Å². The highest BCUT2D eigenvalue weighted by atomic mass is 35.5. The van der Waals surface area contributed by atoms with Crippen molar-refractivity contribution in [2.75, 3.05) is 18.8 Å². The molecular formula is C15H23ClN2S. The third kappa shape index (κ3) is 3.88. The molecule has 1 heterocycles. The fourth-order valence-electron chi connectivity index (χ4n) is 2.80. The molecule has 2 atom stereocenters. The van der Waals surface area contributed by atoms with Crippen LogP contribution in [0.15, 0.2) is 24.3 Å². The lowest BCUT2D eigenvalue weighted by atomic mass is 9.98. The molecule has 0 spiro atoms. The molecule has 0 bridgehead atoms. The molecule has 2 N–H and O–H groups in total. The quantitative estimate of drug-likeness (QED) is 0.925. The van der Waals surface area contributed by atoms with Gasteiger partial charge in [0.25, 0.3) is 0 Å². The van der Waals surface area contributed by atoms with Crippen LogP contribution in [0.1, 0.15) is 32.4 Å². The summed E-state index contributed by atoms with van der Waals surface area (Å²) in [5, 5.41) is 0.779. The molecule has 1 aliphatic rings. The van der Waals surface area contributed by atoms with Crippen LogP contribution in [0.5, 0.6) is 0 Å². The minimum absolute atomic E-state index is 0.111. The fourth-order valence-corrected chi connectivity index (χ4v) is 4.06. The highest BCUT2D eigenvalue weighted by Gasteiger charge is 2.33. The van der Waals surface area contributed by atoms with E-state index < -0.39 is 0 Å². The van der Waals surface area contributed by atoms with Gasteiger partial charge in [-0.15, -0.1) is 0 Å². The van der Waals surface area contributed by atoms with E-state index in [9.17, 15) is 0 Å². The van der Waals surface area contributed by atoms with Crippen LogP contribution in [-0.4, -0.2) is 34.5 Å². The Morgan fingerprint density at radius 3 is 2.47 bits per heavy atom.